The van der Waals surface area contributed by atoms with Crippen LogP contribution in [-0.2, 0) is 21.7 Å². The number of nitrogens with two attached hydrogens (primary N) is 1. The van der Waals surface area contributed by atoms with Crippen molar-refractivity contribution in [2.45, 2.75) is 25.4 Å². The lowest BCUT2D eigenvalue weighted by Crippen LogP contribution is -2.45. The van der Waals surface area contributed by atoms with E-state index in [4.69, 9.17) is 16.2 Å². The first kappa shape index (κ1) is 22.0. The van der Waals surface area contributed by atoms with Crippen LogP contribution >= 0.6 is 0 Å². The van der Waals surface area contributed by atoms with Gasteiger partial charge in [0.15, 0.2) is 0 Å². The number of hydrogen-bond acceptors (Lipinski definition) is 4. The molecule has 168 valence electrons. The molecule has 0 spiro atoms. The minimum atomic E-state index is -1.30. The summed E-state index contributed by atoms with van der Waals surface area (Å²) in [5, 5.41) is 18.6. The quantitative estimate of drug-likeness (QED) is 0.293. The van der Waals surface area contributed by atoms with Crippen molar-refractivity contribution >= 4 is 34.5 Å². The van der Waals surface area contributed by atoms with Crippen LogP contribution in [0.1, 0.15) is 30.0 Å². The van der Waals surface area contributed by atoms with Crippen LogP contribution in [0.4, 0.5) is 4.79 Å². The minimum Gasteiger partial charge on any atom is -0.481 e. The van der Waals surface area contributed by atoms with E-state index in [0.717, 1.165) is 16.3 Å². The molecule has 1 aliphatic rings. The fourth-order valence-electron chi connectivity index (χ4n) is 4.25. The number of aliphatic carboxylic acids is 1. The molecular weight excluding hydrogens is 420 g/mol. The highest BCUT2D eigenvalue weighted by atomic mass is 16.4. The summed E-state index contributed by atoms with van der Waals surface area (Å²) in [7, 11) is 0. The van der Waals surface area contributed by atoms with Gasteiger partial charge in [-0.2, -0.15) is 0 Å². The molecule has 4 N–H and O–H groups in total. The molecule has 0 aliphatic carbocycles. The summed E-state index contributed by atoms with van der Waals surface area (Å²) in [6, 6.07) is 19.4. The maximum absolute atomic E-state index is 13.6. The Hall–Kier alpha value is -4.20. The first-order valence-electron chi connectivity index (χ1n) is 10.5. The number of nitrogens with one attached hydrogen (secondary N) is 1. The van der Waals surface area contributed by atoms with Gasteiger partial charge >= 0.3 is 12.0 Å². The van der Waals surface area contributed by atoms with Crippen molar-refractivity contribution in [3.05, 3.63) is 83.4 Å². The summed E-state index contributed by atoms with van der Waals surface area (Å²) in [4.78, 5) is 40.6. The number of carbonyl (C=O) groups excluding carboxylic acids is 2. The molecule has 8 nitrogen and oxygen atoms in total. The fraction of sp³-hybridized carbons (Fsp3) is 0.200. The Labute approximate surface area is 190 Å². The van der Waals surface area contributed by atoms with Crippen molar-refractivity contribution in [2.75, 3.05) is 6.54 Å². The van der Waals surface area contributed by atoms with Gasteiger partial charge < -0.3 is 15.7 Å². The van der Waals surface area contributed by atoms with E-state index in [2.05, 4.69) is 0 Å². The van der Waals surface area contributed by atoms with E-state index in [1.165, 1.54) is 9.80 Å². The van der Waals surface area contributed by atoms with Crippen LogP contribution < -0.4 is 5.73 Å². The van der Waals surface area contributed by atoms with Crippen molar-refractivity contribution < 1.29 is 19.5 Å². The lowest BCUT2D eigenvalue weighted by molar-refractivity contribution is -0.138. The Balaban J connectivity index is 1.70. The third kappa shape index (κ3) is 3.91. The number of nitrogens with zero attached hydrogens (tertiary/aromatic N) is 2. The van der Waals surface area contributed by atoms with Crippen molar-refractivity contribution in [3.63, 3.8) is 0 Å². The normalized spacial score (nSPS) is 18.2. The maximum Gasteiger partial charge on any atom is 0.328 e. The Morgan fingerprint density at radius 2 is 1.73 bits per heavy atom. The third-order valence-electron chi connectivity index (χ3n) is 6.10. The zero-order valence-corrected chi connectivity index (χ0v) is 18.1. The lowest BCUT2D eigenvalue weighted by Gasteiger charge is -2.31. The Kier molecular flexibility index (Phi) is 5.59. The van der Waals surface area contributed by atoms with Crippen LogP contribution in [-0.4, -0.2) is 45.2 Å². The molecule has 1 saturated heterocycles. The minimum absolute atomic E-state index is 0.0418. The first-order chi connectivity index (χ1) is 15.7. The number of carboxylic acids is 1. The summed E-state index contributed by atoms with van der Waals surface area (Å²) >= 11 is 0. The third-order valence-corrected chi connectivity index (χ3v) is 6.10. The van der Waals surface area contributed by atoms with E-state index in [1.807, 2.05) is 30.3 Å². The van der Waals surface area contributed by atoms with Gasteiger partial charge in [0.05, 0.1) is 13.0 Å². The molecular formula is C25H24N4O4. The maximum atomic E-state index is 13.6. The Morgan fingerprint density at radius 1 is 1.03 bits per heavy atom. The van der Waals surface area contributed by atoms with Crippen molar-refractivity contribution in [1.82, 2.24) is 9.80 Å². The van der Waals surface area contributed by atoms with Gasteiger partial charge in [0.25, 0.3) is 5.91 Å². The predicted octanol–water partition coefficient (Wildman–Crippen LogP) is 3.28. The van der Waals surface area contributed by atoms with Crippen molar-refractivity contribution in [3.8, 4) is 0 Å². The Morgan fingerprint density at radius 3 is 2.39 bits per heavy atom. The molecule has 0 radical (unpaired) electrons. The molecule has 1 heterocycles. The van der Waals surface area contributed by atoms with Crippen LogP contribution in [0.3, 0.4) is 0 Å². The van der Waals surface area contributed by atoms with E-state index in [9.17, 15) is 14.4 Å². The molecule has 0 saturated carbocycles. The van der Waals surface area contributed by atoms with Gasteiger partial charge in [-0.15, -0.1) is 0 Å². The summed E-state index contributed by atoms with van der Waals surface area (Å²) in [5.74, 6) is -1.48. The van der Waals surface area contributed by atoms with Gasteiger partial charge in [0.1, 0.15) is 11.4 Å². The lowest BCUT2D eigenvalue weighted by atomic mass is 9.90. The number of fused-ring (bicyclic) bond motifs is 1. The van der Waals surface area contributed by atoms with Crippen LogP contribution in [0.2, 0.25) is 0 Å². The molecule has 1 unspecified atom stereocenters. The average Bonchev–Trinajstić information content (AvgIpc) is 2.98. The van der Waals surface area contributed by atoms with Gasteiger partial charge in [-0.3, -0.25) is 19.9 Å². The standard InChI is InChI=1S/C25H24N4O4/c1-25(20-5-3-2-4-6-20)23(32)28(24(33)29(25)12-11-21(30)31)15-16-7-8-17-9-10-18(22(26)27)14-19(17)13-16/h2-10,13-14H,11-12,15H2,1H3,(H3,26,27)(H,30,31). The fourth-order valence-corrected chi connectivity index (χ4v) is 4.25. The van der Waals surface area contributed by atoms with E-state index in [-0.39, 0.29) is 25.3 Å². The zero-order chi connectivity index (χ0) is 23.8. The number of amidine groups is 1. The van der Waals surface area contributed by atoms with Gasteiger partial charge in [-0.05, 0) is 41.0 Å². The molecule has 33 heavy (non-hydrogen) atoms. The molecule has 4 rings (SSSR count). The Bertz CT molecular complexity index is 1270. The van der Waals surface area contributed by atoms with Crippen LogP contribution in [0.25, 0.3) is 10.8 Å². The van der Waals surface area contributed by atoms with Crippen molar-refractivity contribution in [1.29, 1.82) is 5.41 Å². The topological polar surface area (TPSA) is 128 Å². The number of hydrogen-bond donors (Lipinski definition) is 3. The molecule has 1 aliphatic heterocycles. The van der Waals surface area contributed by atoms with Gasteiger partial charge in [-0.1, -0.05) is 54.6 Å². The smallest absolute Gasteiger partial charge is 0.328 e. The summed E-state index contributed by atoms with van der Waals surface area (Å²) in [6.07, 6.45) is -0.265. The van der Waals surface area contributed by atoms with Gasteiger partial charge in [0, 0.05) is 12.1 Å². The number of urea groups is 1. The molecule has 0 aromatic heterocycles. The largest absolute Gasteiger partial charge is 0.481 e. The molecule has 3 amide bonds. The van der Waals surface area contributed by atoms with Gasteiger partial charge in [-0.25, -0.2) is 4.79 Å². The molecule has 8 heteroatoms. The SMILES string of the molecule is CC1(c2ccccc2)C(=O)N(Cc2ccc3ccc(C(=N)N)cc3c2)C(=O)N1CCC(=O)O. The van der Waals surface area contributed by atoms with E-state index >= 15 is 0 Å². The summed E-state index contributed by atoms with van der Waals surface area (Å²) < 4.78 is 0. The average molecular weight is 444 g/mol. The second kappa shape index (κ2) is 8.38. The molecule has 1 fully saturated rings. The molecule has 0 bridgehead atoms. The highest BCUT2D eigenvalue weighted by Gasteiger charge is 2.55. The van der Waals surface area contributed by atoms with Crippen LogP contribution in [0.5, 0.6) is 0 Å². The van der Waals surface area contributed by atoms with E-state index in [1.54, 1.807) is 43.3 Å². The number of carbonyl (C=O) groups is 3. The van der Waals surface area contributed by atoms with E-state index in [0.29, 0.717) is 11.1 Å². The summed E-state index contributed by atoms with van der Waals surface area (Å²) in [5.41, 5.74) is 6.25. The number of benzene rings is 3. The zero-order valence-electron chi connectivity index (χ0n) is 18.1. The number of rotatable bonds is 7. The second-order valence-electron chi connectivity index (χ2n) is 8.22. The van der Waals surface area contributed by atoms with Gasteiger partial charge in [0.2, 0.25) is 0 Å². The predicted molar refractivity (Wildman–Crippen MR) is 124 cm³/mol. The summed E-state index contributed by atoms with van der Waals surface area (Å²) in [6.45, 7) is 1.62. The molecule has 1 atom stereocenters. The first-order valence-corrected chi connectivity index (χ1v) is 10.5. The number of nitrogen functional groups attached to an aromatic ring is 1. The van der Waals surface area contributed by atoms with Crippen LogP contribution in [0.15, 0.2) is 66.7 Å². The number of amides is 3. The monoisotopic (exact) mass is 444 g/mol. The second-order valence-corrected chi connectivity index (χ2v) is 8.22. The molecule has 3 aromatic carbocycles. The van der Waals surface area contributed by atoms with E-state index < -0.39 is 23.4 Å². The molecule has 3 aromatic rings. The number of imide groups is 1. The highest BCUT2D eigenvalue weighted by Crippen LogP contribution is 2.38. The number of carboxylic acid groups (broad SMARTS) is 1. The van der Waals surface area contributed by atoms with Crippen molar-refractivity contribution in [2.24, 2.45) is 5.73 Å². The van der Waals surface area contributed by atoms with Crippen LogP contribution in [0, 0.1) is 5.41 Å². The highest BCUT2D eigenvalue weighted by molar-refractivity contribution is 6.07.